The van der Waals surface area contributed by atoms with E-state index in [9.17, 15) is 9.90 Å². The molecule has 3 heteroatoms. The number of hydrogen-bond donors (Lipinski definition) is 2. The van der Waals surface area contributed by atoms with Gasteiger partial charge in [-0.05, 0) is 71.7 Å². The van der Waals surface area contributed by atoms with Crippen LogP contribution in [-0.4, -0.2) is 16.6 Å². The van der Waals surface area contributed by atoms with Crippen LogP contribution in [0.1, 0.15) is 65.2 Å². The third kappa shape index (κ3) is 4.47. The normalized spacial score (nSPS) is 17.0. The lowest BCUT2D eigenvalue weighted by molar-refractivity contribution is -0.113. The fourth-order valence-corrected chi connectivity index (χ4v) is 3.20. The van der Waals surface area contributed by atoms with Gasteiger partial charge in [-0.25, -0.2) is 0 Å². The summed E-state index contributed by atoms with van der Waals surface area (Å²) in [6.07, 6.45) is 5.52. The Bertz CT molecular complexity index is 898. The molecule has 0 bridgehead atoms. The number of aryl methyl sites for hydroxylation is 1. The summed E-state index contributed by atoms with van der Waals surface area (Å²) in [4.78, 5) is 12.5. The van der Waals surface area contributed by atoms with E-state index in [1.165, 1.54) is 0 Å². The van der Waals surface area contributed by atoms with Crippen molar-refractivity contribution in [3.05, 3.63) is 63.8 Å². The second-order valence-electron chi connectivity index (χ2n) is 9.46. The van der Waals surface area contributed by atoms with E-state index >= 15 is 0 Å². The first-order chi connectivity index (χ1) is 12.2. The van der Waals surface area contributed by atoms with Crippen molar-refractivity contribution in [2.75, 3.05) is 0 Å². The Hall–Kier alpha value is -2.42. The van der Waals surface area contributed by atoms with E-state index in [1.807, 2.05) is 79.7 Å². The number of Topliss-reactive ketones (excluding diaryl/α,β-unsaturated/α-hetero) is 1. The Labute approximate surface area is 163 Å². The van der Waals surface area contributed by atoms with Gasteiger partial charge in [0.1, 0.15) is 5.75 Å². The Balaban J connectivity index is 2.52. The highest BCUT2D eigenvalue weighted by molar-refractivity contribution is 6.12. The van der Waals surface area contributed by atoms with Crippen LogP contribution in [0.5, 0.6) is 5.75 Å². The van der Waals surface area contributed by atoms with Crippen molar-refractivity contribution >= 4 is 11.5 Å². The molecule has 0 aliphatic heterocycles. The average Bonchev–Trinajstić information content (AvgIpc) is 2.50. The van der Waals surface area contributed by atoms with Gasteiger partial charge < -0.3 is 10.5 Å². The molecule has 0 radical (unpaired) electrons. The summed E-state index contributed by atoms with van der Waals surface area (Å²) < 4.78 is 0. The minimum absolute atomic E-state index is 0.0710. The molecule has 144 valence electrons. The van der Waals surface area contributed by atoms with E-state index in [1.54, 1.807) is 6.08 Å². The molecule has 1 aliphatic carbocycles. The van der Waals surface area contributed by atoms with Gasteiger partial charge in [0.15, 0.2) is 5.78 Å². The van der Waals surface area contributed by atoms with Crippen LogP contribution in [0, 0.1) is 17.7 Å². The number of carbonyl (C=O) groups is 1. The van der Waals surface area contributed by atoms with Crippen LogP contribution in [0.2, 0.25) is 0 Å². The van der Waals surface area contributed by atoms with Crippen LogP contribution in [0.15, 0.2) is 47.1 Å². The minimum atomic E-state index is -0.248. The first kappa shape index (κ1) is 20.9. The third-order valence-corrected chi connectivity index (χ3v) is 4.84. The predicted molar refractivity (Wildman–Crippen MR) is 113 cm³/mol. The third-order valence-electron chi connectivity index (χ3n) is 4.84. The Morgan fingerprint density at radius 2 is 1.59 bits per heavy atom. The van der Waals surface area contributed by atoms with Crippen molar-refractivity contribution in [2.24, 2.45) is 5.41 Å². The molecular weight excluding hydrogens is 334 g/mol. The summed E-state index contributed by atoms with van der Waals surface area (Å²) in [6, 6.07) is 3.73. The number of rotatable bonds is 2. The number of nitrogens with one attached hydrogen (secondary N) is 1. The van der Waals surface area contributed by atoms with E-state index in [-0.39, 0.29) is 16.6 Å². The number of phenols is 1. The van der Waals surface area contributed by atoms with Crippen molar-refractivity contribution in [1.82, 2.24) is 0 Å². The first-order valence-electron chi connectivity index (χ1n) is 9.31. The SMILES string of the molecule is CC1=CC(=CC(=N)c2cc(C)c(O)c(C(C)(C)C)c2)C=C(C(C)(C)C)C1=O. The van der Waals surface area contributed by atoms with Crippen molar-refractivity contribution in [3.8, 4) is 5.75 Å². The number of aromatic hydroxyl groups is 1. The second-order valence-corrected chi connectivity index (χ2v) is 9.46. The Morgan fingerprint density at radius 1 is 1.00 bits per heavy atom. The molecule has 0 aromatic heterocycles. The topological polar surface area (TPSA) is 61.1 Å². The number of phenolic OH excluding ortho intramolecular Hbond substituents is 1. The lowest BCUT2D eigenvalue weighted by atomic mass is 9.78. The quantitative estimate of drug-likeness (QED) is 0.651. The van der Waals surface area contributed by atoms with Gasteiger partial charge in [0, 0.05) is 16.7 Å². The molecule has 0 unspecified atom stereocenters. The summed E-state index contributed by atoms with van der Waals surface area (Å²) in [7, 11) is 0. The summed E-state index contributed by atoms with van der Waals surface area (Å²) in [5.74, 6) is 0.363. The van der Waals surface area contributed by atoms with E-state index in [0.29, 0.717) is 17.0 Å². The van der Waals surface area contributed by atoms with Gasteiger partial charge in [-0.1, -0.05) is 41.5 Å². The summed E-state index contributed by atoms with van der Waals surface area (Å²) in [5, 5.41) is 19.0. The molecule has 0 spiro atoms. The zero-order valence-corrected chi connectivity index (χ0v) is 17.7. The number of carbonyl (C=O) groups excluding carboxylic acids is 1. The summed E-state index contributed by atoms with van der Waals surface area (Å²) in [6.45, 7) is 15.9. The fraction of sp³-hybridized carbons (Fsp3) is 0.417. The van der Waals surface area contributed by atoms with Crippen LogP contribution in [-0.2, 0) is 10.2 Å². The van der Waals surface area contributed by atoms with Crippen LogP contribution in [0.4, 0.5) is 0 Å². The van der Waals surface area contributed by atoms with E-state index in [4.69, 9.17) is 5.41 Å². The van der Waals surface area contributed by atoms with Crippen molar-refractivity contribution in [2.45, 2.75) is 60.8 Å². The van der Waals surface area contributed by atoms with Crippen molar-refractivity contribution in [1.29, 1.82) is 5.41 Å². The second kappa shape index (κ2) is 6.95. The lowest BCUT2D eigenvalue weighted by Gasteiger charge is -2.25. The standard InChI is InChI=1S/C24H31NO2/c1-14-9-16(11-18(21(14)26)23(3,4)5)12-20(25)17-10-15(2)22(27)19(13-17)24(6,7)8/h9-13,25,27H,1-8H3. The maximum Gasteiger partial charge on any atom is 0.185 e. The highest BCUT2D eigenvalue weighted by atomic mass is 16.3. The Morgan fingerprint density at radius 3 is 2.11 bits per heavy atom. The maximum absolute atomic E-state index is 12.5. The summed E-state index contributed by atoms with van der Waals surface area (Å²) >= 11 is 0. The van der Waals surface area contributed by atoms with E-state index < -0.39 is 0 Å². The molecule has 0 atom stereocenters. The van der Waals surface area contributed by atoms with Crippen LogP contribution < -0.4 is 0 Å². The number of hydrogen-bond acceptors (Lipinski definition) is 3. The largest absolute Gasteiger partial charge is 0.507 e. The maximum atomic E-state index is 12.5. The Kier molecular flexibility index (Phi) is 5.38. The molecule has 27 heavy (non-hydrogen) atoms. The highest BCUT2D eigenvalue weighted by Crippen LogP contribution is 2.35. The number of ketones is 1. The fourth-order valence-electron chi connectivity index (χ4n) is 3.20. The van der Waals surface area contributed by atoms with Crippen molar-refractivity contribution in [3.63, 3.8) is 0 Å². The van der Waals surface area contributed by atoms with Gasteiger partial charge in [-0.3, -0.25) is 4.79 Å². The minimum Gasteiger partial charge on any atom is -0.507 e. The number of benzene rings is 1. The smallest absolute Gasteiger partial charge is 0.185 e. The molecule has 0 amide bonds. The highest BCUT2D eigenvalue weighted by Gasteiger charge is 2.27. The molecule has 0 saturated heterocycles. The van der Waals surface area contributed by atoms with Crippen LogP contribution in [0.25, 0.3) is 0 Å². The molecule has 0 heterocycles. The summed E-state index contributed by atoms with van der Waals surface area (Å²) in [5.41, 5.74) is 4.56. The van der Waals surface area contributed by atoms with Gasteiger partial charge in [-0.15, -0.1) is 0 Å². The van der Waals surface area contributed by atoms with Crippen molar-refractivity contribution < 1.29 is 9.90 Å². The van der Waals surface area contributed by atoms with Gasteiger partial charge in [-0.2, -0.15) is 0 Å². The average molecular weight is 366 g/mol. The van der Waals surface area contributed by atoms with Gasteiger partial charge in [0.2, 0.25) is 0 Å². The molecule has 1 aromatic carbocycles. The zero-order chi connectivity index (χ0) is 20.7. The first-order valence-corrected chi connectivity index (χ1v) is 9.31. The van der Waals surface area contributed by atoms with E-state index in [0.717, 1.165) is 27.8 Å². The van der Waals surface area contributed by atoms with Gasteiger partial charge in [0.05, 0.1) is 5.71 Å². The van der Waals surface area contributed by atoms with Gasteiger partial charge >= 0.3 is 0 Å². The monoisotopic (exact) mass is 365 g/mol. The number of allylic oxidation sites excluding steroid dienone is 6. The zero-order valence-electron chi connectivity index (χ0n) is 17.7. The molecule has 0 fully saturated rings. The van der Waals surface area contributed by atoms with Crippen LogP contribution >= 0.6 is 0 Å². The molecule has 1 aliphatic rings. The van der Waals surface area contributed by atoms with E-state index in [2.05, 4.69) is 0 Å². The molecule has 3 nitrogen and oxygen atoms in total. The molecular formula is C24H31NO2. The molecule has 2 rings (SSSR count). The van der Waals surface area contributed by atoms with Crippen LogP contribution in [0.3, 0.4) is 0 Å². The van der Waals surface area contributed by atoms with Gasteiger partial charge in [0.25, 0.3) is 0 Å². The molecule has 2 N–H and O–H groups in total. The lowest BCUT2D eigenvalue weighted by Crippen LogP contribution is -2.21. The molecule has 1 aromatic rings. The molecule has 0 saturated carbocycles. The predicted octanol–water partition coefficient (Wildman–Crippen LogP) is 5.79.